The zero-order valence-corrected chi connectivity index (χ0v) is 13.5. The van der Waals surface area contributed by atoms with Crippen molar-refractivity contribution in [3.05, 3.63) is 57.3 Å². The molecule has 1 aromatic carbocycles. The van der Waals surface area contributed by atoms with E-state index in [4.69, 9.17) is 4.74 Å². The first-order valence-corrected chi connectivity index (χ1v) is 7.97. The average Bonchev–Trinajstić information content (AvgIpc) is 2.98. The molecule has 0 aliphatic carbocycles. The summed E-state index contributed by atoms with van der Waals surface area (Å²) in [7, 11) is 0. The summed E-state index contributed by atoms with van der Waals surface area (Å²) in [6.07, 6.45) is 0.786. The van der Waals surface area contributed by atoms with Crippen molar-refractivity contribution in [1.29, 1.82) is 0 Å². The van der Waals surface area contributed by atoms with Crippen LogP contribution in [0, 0.1) is 13.8 Å². The van der Waals surface area contributed by atoms with Crippen molar-refractivity contribution in [1.82, 2.24) is 5.32 Å². The molecule has 0 aliphatic rings. The van der Waals surface area contributed by atoms with Crippen LogP contribution >= 0.6 is 11.3 Å². The molecule has 1 amide bonds. The van der Waals surface area contributed by atoms with E-state index in [1.54, 1.807) is 17.4 Å². The molecule has 0 bridgehead atoms. The molecule has 0 atom stereocenters. The molecule has 0 fully saturated rings. The van der Waals surface area contributed by atoms with Crippen molar-refractivity contribution in [2.45, 2.75) is 20.3 Å². The Labute approximate surface area is 134 Å². The normalized spacial score (nSPS) is 10.3. The second-order valence-electron chi connectivity index (χ2n) is 5.07. The Kier molecular flexibility index (Phi) is 5.72. The highest BCUT2D eigenvalue weighted by atomic mass is 32.1. The Morgan fingerprint density at radius 1 is 1.23 bits per heavy atom. The number of hydrogen-bond donors (Lipinski definition) is 1. The summed E-state index contributed by atoms with van der Waals surface area (Å²) in [6.45, 7) is 4.10. The maximum absolute atomic E-state index is 11.9. The molecule has 5 heteroatoms. The number of amides is 1. The van der Waals surface area contributed by atoms with Crippen molar-refractivity contribution in [3.8, 4) is 0 Å². The fraction of sp³-hybridized carbons (Fsp3) is 0.294. The molecule has 1 N–H and O–H groups in total. The number of carbonyl (C=O) groups is 2. The lowest BCUT2D eigenvalue weighted by Crippen LogP contribution is -2.30. The van der Waals surface area contributed by atoms with Gasteiger partial charge in [0.05, 0.1) is 5.56 Å². The van der Waals surface area contributed by atoms with Gasteiger partial charge in [-0.05, 0) is 43.3 Å². The van der Waals surface area contributed by atoms with Gasteiger partial charge in [-0.25, -0.2) is 4.79 Å². The number of hydrogen-bond acceptors (Lipinski definition) is 4. The second kappa shape index (κ2) is 7.75. The monoisotopic (exact) mass is 317 g/mol. The molecule has 0 unspecified atom stereocenters. The number of aryl methyl sites for hydroxylation is 2. The predicted octanol–water partition coefficient (Wildman–Crippen LogP) is 2.88. The van der Waals surface area contributed by atoms with Crippen LogP contribution in [0.3, 0.4) is 0 Å². The highest BCUT2D eigenvalue weighted by Gasteiger charge is 2.12. The summed E-state index contributed by atoms with van der Waals surface area (Å²) in [6, 6.07) is 9.49. The van der Waals surface area contributed by atoms with E-state index >= 15 is 0 Å². The molecule has 1 heterocycles. The van der Waals surface area contributed by atoms with Crippen LogP contribution < -0.4 is 5.32 Å². The fourth-order valence-electron chi connectivity index (χ4n) is 2.08. The van der Waals surface area contributed by atoms with Crippen LogP contribution in [0.25, 0.3) is 0 Å². The smallest absolute Gasteiger partial charge is 0.338 e. The van der Waals surface area contributed by atoms with E-state index in [9.17, 15) is 9.59 Å². The van der Waals surface area contributed by atoms with E-state index < -0.39 is 5.97 Å². The lowest BCUT2D eigenvalue weighted by Gasteiger charge is -2.08. The van der Waals surface area contributed by atoms with Crippen molar-refractivity contribution >= 4 is 23.2 Å². The number of carbonyl (C=O) groups excluding carboxylic acids is 2. The third kappa shape index (κ3) is 4.70. The molecule has 1 aromatic heterocycles. The number of ether oxygens (including phenoxy) is 1. The molecular weight excluding hydrogens is 298 g/mol. The molecule has 0 spiro atoms. The molecule has 0 saturated carbocycles. The first-order chi connectivity index (χ1) is 10.6. The van der Waals surface area contributed by atoms with Crippen molar-refractivity contribution in [3.63, 3.8) is 0 Å². The molecule has 0 aliphatic heterocycles. The van der Waals surface area contributed by atoms with Crippen LogP contribution in [0.1, 0.15) is 26.4 Å². The molecule has 22 heavy (non-hydrogen) atoms. The van der Waals surface area contributed by atoms with Crippen LogP contribution in [-0.4, -0.2) is 25.0 Å². The van der Waals surface area contributed by atoms with Crippen LogP contribution in [-0.2, 0) is 16.0 Å². The number of rotatable bonds is 6. The molecule has 116 valence electrons. The van der Waals surface area contributed by atoms with Gasteiger partial charge in [0.2, 0.25) is 0 Å². The summed E-state index contributed by atoms with van der Waals surface area (Å²) in [4.78, 5) is 24.8. The Hall–Kier alpha value is -2.14. The second-order valence-corrected chi connectivity index (χ2v) is 6.11. The van der Waals surface area contributed by atoms with Gasteiger partial charge in [-0.3, -0.25) is 4.79 Å². The number of thiophene rings is 1. The zero-order valence-electron chi connectivity index (χ0n) is 12.7. The fourth-order valence-corrected chi connectivity index (χ4v) is 2.79. The number of benzene rings is 1. The maximum Gasteiger partial charge on any atom is 0.338 e. The molecule has 2 aromatic rings. The topological polar surface area (TPSA) is 55.4 Å². The molecule has 2 rings (SSSR count). The van der Waals surface area contributed by atoms with Gasteiger partial charge in [-0.2, -0.15) is 0 Å². The first-order valence-electron chi connectivity index (χ1n) is 7.09. The molecule has 0 saturated heterocycles. The Morgan fingerprint density at radius 2 is 2.05 bits per heavy atom. The summed E-state index contributed by atoms with van der Waals surface area (Å²) in [5.74, 6) is -0.749. The van der Waals surface area contributed by atoms with E-state index in [0.717, 1.165) is 17.5 Å². The SMILES string of the molecule is Cc1ccc(C(=O)OCC(=O)NCCc2cccs2)c(C)c1. The first kappa shape index (κ1) is 16.2. The van der Waals surface area contributed by atoms with Crippen molar-refractivity contribution < 1.29 is 14.3 Å². The quantitative estimate of drug-likeness (QED) is 0.834. The summed E-state index contributed by atoms with van der Waals surface area (Å²) >= 11 is 1.66. The van der Waals surface area contributed by atoms with Gasteiger partial charge in [-0.1, -0.05) is 23.8 Å². The molecular formula is C17H19NO3S. The minimum Gasteiger partial charge on any atom is -0.452 e. The molecule has 0 radical (unpaired) electrons. The third-order valence-corrected chi connectivity index (χ3v) is 4.15. The van der Waals surface area contributed by atoms with Crippen LogP contribution in [0.5, 0.6) is 0 Å². The van der Waals surface area contributed by atoms with Crippen LogP contribution in [0.15, 0.2) is 35.7 Å². The van der Waals surface area contributed by atoms with Gasteiger partial charge in [0, 0.05) is 11.4 Å². The van der Waals surface area contributed by atoms with E-state index in [0.29, 0.717) is 12.1 Å². The zero-order chi connectivity index (χ0) is 15.9. The lowest BCUT2D eigenvalue weighted by atomic mass is 10.1. The van der Waals surface area contributed by atoms with Crippen molar-refractivity contribution in [2.24, 2.45) is 0 Å². The Bertz CT molecular complexity index is 650. The van der Waals surface area contributed by atoms with E-state index in [-0.39, 0.29) is 12.5 Å². The molecule has 4 nitrogen and oxygen atoms in total. The Balaban J connectivity index is 1.74. The predicted molar refractivity (Wildman–Crippen MR) is 87.2 cm³/mol. The van der Waals surface area contributed by atoms with E-state index in [2.05, 4.69) is 5.32 Å². The maximum atomic E-state index is 11.9. The standard InChI is InChI=1S/C17H19NO3S/c1-12-5-6-15(13(2)10-12)17(20)21-11-16(19)18-8-7-14-4-3-9-22-14/h3-6,9-10H,7-8,11H2,1-2H3,(H,18,19). The largest absolute Gasteiger partial charge is 0.452 e. The third-order valence-electron chi connectivity index (χ3n) is 3.21. The summed E-state index contributed by atoms with van der Waals surface area (Å²) in [5.41, 5.74) is 2.43. The van der Waals surface area contributed by atoms with Gasteiger partial charge in [0.25, 0.3) is 5.91 Å². The lowest BCUT2D eigenvalue weighted by molar-refractivity contribution is -0.124. The van der Waals surface area contributed by atoms with Gasteiger partial charge < -0.3 is 10.1 Å². The minimum atomic E-state index is -0.467. The highest BCUT2D eigenvalue weighted by molar-refractivity contribution is 7.09. The van der Waals surface area contributed by atoms with Crippen LogP contribution in [0.4, 0.5) is 0 Å². The van der Waals surface area contributed by atoms with Crippen molar-refractivity contribution in [2.75, 3.05) is 13.2 Å². The van der Waals surface area contributed by atoms with Gasteiger partial charge in [0.15, 0.2) is 6.61 Å². The number of nitrogens with one attached hydrogen (secondary N) is 1. The average molecular weight is 317 g/mol. The Morgan fingerprint density at radius 3 is 2.73 bits per heavy atom. The van der Waals surface area contributed by atoms with Gasteiger partial charge in [-0.15, -0.1) is 11.3 Å². The van der Waals surface area contributed by atoms with E-state index in [1.807, 2.05) is 43.5 Å². The minimum absolute atomic E-state index is 0.253. The number of esters is 1. The summed E-state index contributed by atoms with van der Waals surface area (Å²) in [5, 5.41) is 4.74. The summed E-state index contributed by atoms with van der Waals surface area (Å²) < 4.78 is 5.05. The van der Waals surface area contributed by atoms with Crippen LogP contribution in [0.2, 0.25) is 0 Å². The van der Waals surface area contributed by atoms with E-state index in [1.165, 1.54) is 4.88 Å². The van der Waals surface area contributed by atoms with Gasteiger partial charge in [0.1, 0.15) is 0 Å². The highest BCUT2D eigenvalue weighted by Crippen LogP contribution is 2.11. The van der Waals surface area contributed by atoms with Gasteiger partial charge >= 0.3 is 5.97 Å².